The first-order valence-corrected chi connectivity index (χ1v) is 7.44. The van der Waals surface area contributed by atoms with E-state index in [0.29, 0.717) is 11.5 Å². The van der Waals surface area contributed by atoms with Crippen molar-refractivity contribution in [2.24, 2.45) is 5.92 Å². The van der Waals surface area contributed by atoms with Crippen molar-refractivity contribution in [3.05, 3.63) is 59.7 Å². The van der Waals surface area contributed by atoms with Crippen molar-refractivity contribution < 1.29 is 9.90 Å². The van der Waals surface area contributed by atoms with Gasteiger partial charge in [-0.3, -0.25) is 0 Å². The van der Waals surface area contributed by atoms with E-state index in [2.05, 4.69) is 38.1 Å². The van der Waals surface area contributed by atoms with Gasteiger partial charge in [0, 0.05) is 11.0 Å². The minimum atomic E-state index is -0.794. The predicted molar refractivity (Wildman–Crippen MR) is 85.4 cm³/mol. The third-order valence-corrected chi connectivity index (χ3v) is 4.69. The average molecular weight is 280 g/mol. The van der Waals surface area contributed by atoms with Crippen LogP contribution in [0.1, 0.15) is 32.3 Å². The van der Waals surface area contributed by atoms with Crippen molar-refractivity contribution >= 4 is 16.7 Å². The van der Waals surface area contributed by atoms with Crippen molar-refractivity contribution in [1.29, 1.82) is 0 Å². The van der Waals surface area contributed by atoms with Gasteiger partial charge in [0.15, 0.2) is 0 Å². The number of carbonyl (C=O) groups is 1. The summed E-state index contributed by atoms with van der Waals surface area (Å²) in [5, 5.41) is 11.9. The van der Waals surface area contributed by atoms with Crippen molar-refractivity contribution in [2.45, 2.75) is 32.1 Å². The van der Waals surface area contributed by atoms with Gasteiger partial charge in [-0.25, -0.2) is 4.79 Å². The highest BCUT2D eigenvalue weighted by molar-refractivity contribution is 5.94. The molecule has 2 aromatic rings. The summed E-state index contributed by atoms with van der Waals surface area (Å²) < 4.78 is 0. The fourth-order valence-corrected chi connectivity index (χ4v) is 3.72. The minimum Gasteiger partial charge on any atom is -0.478 e. The van der Waals surface area contributed by atoms with Crippen LogP contribution in [0.2, 0.25) is 0 Å². The van der Waals surface area contributed by atoms with Gasteiger partial charge in [-0.05, 0) is 35.1 Å². The van der Waals surface area contributed by atoms with Gasteiger partial charge in [-0.1, -0.05) is 62.4 Å². The molecule has 0 saturated carbocycles. The van der Waals surface area contributed by atoms with Gasteiger partial charge in [0.25, 0.3) is 0 Å². The molecule has 1 N–H and O–H groups in total. The molecule has 0 aromatic heterocycles. The van der Waals surface area contributed by atoms with Crippen LogP contribution in [0.4, 0.5) is 0 Å². The van der Waals surface area contributed by atoms with Crippen molar-refractivity contribution in [1.82, 2.24) is 0 Å². The summed E-state index contributed by atoms with van der Waals surface area (Å²) in [5.41, 5.74) is 1.24. The number of allylic oxidation sites excluding steroid dienone is 1. The molecular formula is C19H20O2. The molecule has 21 heavy (non-hydrogen) atoms. The summed E-state index contributed by atoms with van der Waals surface area (Å²) in [4.78, 5) is 11.7. The highest BCUT2D eigenvalue weighted by atomic mass is 16.4. The molecule has 0 radical (unpaired) electrons. The van der Waals surface area contributed by atoms with Gasteiger partial charge >= 0.3 is 5.97 Å². The highest BCUT2D eigenvalue weighted by Crippen LogP contribution is 2.44. The SMILES string of the molecule is CC1CC=C(C(=O)O)C(C)(c2cccc3ccccc23)C1. The highest BCUT2D eigenvalue weighted by Gasteiger charge is 2.39. The third-order valence-electron chi connectivity index (χ3n) is 4.69. The van der Waals surface area contributed by atoms with Gasteiger partial charge in [0.05, 0.1) is 0 Å². The van der Waals surface area contributed by atoms with E-state index in [1.165, 1.54) is 5.39 Å². The molecule has 1 aliphatic rings. The zero-order chi connectivity index (χ0) is 15.0. The van der Waals surface area contributed by atoms with E-state index in [4.69, 9.17) is 0 Å². The maximum Gasteiger partial charge on any atom is 0.332 e. The molecule has 2 unspecified atom stereocenters. The monoisotopic (exact) mass is 280 g/mol. The first-order valence-electron chi connectivity index (χ1n) is 7.44. The Kier molecular flexibility index (Phi) is 3.32. The summed E-state index contributed by atoms with van der Waals surface area (Å²) in [6.45, 7) is 4.27. The summed E-state index contributed by atoms with van der Waals surface area (Å²) in [6.07, 6.45) is 3.64. The zero-order valence-corrected chi connectivity index (χ0v) is 12.5. The lowest BCUT2D eigenvalue weighted by molar-refractivity contribution is -0.133. The number of fused-ring (bicyclic) bond motifs is 1. The summed E-state index contributed by atoms with van der Waals surface area (Å²) in [7, 11) is 0. The van der Waals surface area contributed by atoms with Crippen LogP contribution in [0, 0.1) is 5.92 Å². The number of rotatable bonds is 2. The zero-order valence-electron chi connectivity index (χ0n) is 12.5. The van der Waals surface area contributed by atoms with Gasteiger partial charge in [0.2, 0.25) is 0 Å². The Morgan fingerprint density at radius 1 is 1.19 bits per heavy atom. The Hall–Kier alpha value is -2.09. The van der Waals surface area contributed by atoms with Crippen LogP contribution in [0.5, 0.6) is 0 Å². The lowest BCUT2D eigenvalue weighted by Crippen LogP contribution is -2.34. The van der Waals surface area contributed by atoms with Crippen LogP contribution < -0.4 is 0 Å². The molecule has 108 valence electrons. The minimum absolute atomic E-state index is 0.426. The number of carboxylic acid groups (broad SMARTS) is 1. The molecule has 0 fully saturated rings. The maximum atomic E-state index is 11.7. The first kappa shape index (κ1) is 13.9. The molecule has 0 amide bonds. The molecule has 3 rings (SSSR count). The van der Waals surface area contributed by atoms with Gasteiger partial charge in [0.1, 0.15) is 0 Å². The Morgan fingerprint density at radius 2 is 1.90 bits per heavy atom. The van der Waals surface area contributed by atoms with E-state index in [1.807, 2.05) is 24.3 Å². The molecule has 0 spiro atoms. The van der Waals surface area contributed by atoms with E-state index in [9.17, 15) is 9.90 Å². The number of hydrogen-bond donors (Lipinski definition) is 1. The lowest BCUT2D eigenvalue weighted by Gasteiger charge is -2.37. The van der Waals surface area contributed by atoms with E-state index in [1.54, 1.807) is 0 Å². The Balaban J connectivity index is 2.26. The van der Waals surface area contributed by atoms with Crippen LogP contribution in [-0.2, 0) is 10.2 Å². The van der Waals surface area contributed by atoms with E-state index >= 15 is 0 Å². The maximum absolute atomic E-state index is 11.7. The van der Waals surface area contributed by atoms with Crippen molar-refractivity contribution in [2.75, 3.05) is 0 Å². The van der Waals surface area contributed by atoms with Crippen LogP contribution in [-0.4, -0.2) is 11.1 Å². The smallest absolute Gasteiger partial charge is 0.332 e. The van der Waals surface area contributed by atoms with Crippen LogP contribution in [0.15, 0.2) is 54.1 Å². The molecule has 2 aromatic carbocycles. The quantitative estimate of drug-likeness (QED) is 0.877. The summed E-state index contributed by atoms with van der Waals surface area (Å²) in [6, 6.07) is 14.4. The Labute approximate surface area is 125 Å². The molecule has 2 nitrogen and oxygen atoms in total. The van der Waals surface area contributed by atoms with Gasteiger partial charge in [-0.15, -0.1) is 0 Å². The Bertz CT molecular complexity index is 724. The first-order chi connectivity index (χ1) is 10.0. The second kappa shape index (κ2) is 5.03. The number of benzene rings is 2. The summed E-state index contributed by atoms with van der Waals surface area (Å²) in [5.74, 6) is -0.297. The van der Waals surface area contributed by atoms with Crippen LogP contribution in [0.3, 0.4) is 0 Å². The van der Waals surface area contributed by atoms with E-state index in [-0.39, 0.29) is 0 Å². The lowest BCUT2D eigenvalue weighted by atomic mass is 9.65. The van der Waals surface area contributed by atoms with Crippen molar-refractivity contribution in [3.63, 3.8) is 0 Å². The predicted octanol–water partition coefficient (Wildman–Crippen LogP) is 4.54. The molecule has 0 saturated heterocycles. The van der Waals surface area contributed by atoms with Crippen LogP contribution in [0.25, 0.3) is 10.8 Å². The second-order valence-electron chi connectivity index (χ2n) is 6.33. The second-order valence-corrected chi connectivity index (χ2v) is 6.33. The normalized spacial score (nSPS) is 25.6. The largest absolute Gasteiger partial charge is 0.478 e. The molecule has 0 aliphatic heterocycles. The Morgan fingerprint density at radius 3 is 2.67 bits per heavy atom. The summed E-state index contributed by atoms with van der Waals surface area (Å²) >= 11 is 0. The molecule has 2 heteroatoms. The molecule has 1 aliphatic carbocycles. The average Bonchev–Trinajstić information content (AvgIpc) is 2.46. The number of carboxylic acids is 1. The van der Waals surface area contributed by atoms with E-state index < -0.39 is 11.4 Å². The van der Waals surface area contributed by atoms with Gasteiger partial charge in [-0.2, -0.15) is 0 Å². The number of hydrogen-bond acceptors (Lipinski definition) is 1. The third kappa shape index (κ3) is 2.25. The van der Waals surface area contributed by atoms with Crippen LogP contribution >= 0.6 is 0 Å². The molecule has 0 heterocycles. The molecule has 2 atom stereocenters. The standard InChI is InChI=1S/C19H20O2/c1-13-10-11-17(18(20)21)19(2,12-13)16-9-5-7-14-6-3-4-8-15(14)16/h3-9,11,13H,10,12H2,1-2H3,(H,20,21). The fraction of sp³-hybridized carbons (Fsp3) is 0.316. The van der Waals surface area contributed by atoms with E-state index in [0.717, 1.165) is 23.8 Å². The number of aliphatic carboxylic acids is 1. The molecular weight excluding hydrogens is 260 g/mol. The molecule has 0 bridgehead atoms. The topological polar surface area (TPSA) is 37.3 Å². The van der Waals surface area contributed by atoms with Gasteiger partial charge < -0.3 is 5.11 Å². The fourth-order valence-electron chi connectivity index (χ4n) is 3.72. The van der Waals surface area contributed by atoms with Crippen molar-refractivity contribution in [3.8, 4) is 0 Å².